The van der Waals surface area contributed by atoms with Gasteiger partial charge in [0, 0.05) is 18.9 Å². The standard InChI is InChI=1S/C19H19NO8/c1-12(2)27-18(24)4-3-9-26-15-6-5-13(10-14(15)11-21)19(25)28-20-16(22)7-8-17(20)23/h3-6,10-12H,7-9H2,1-2H3/b4-3+. The number of amides is 2. The number of rotatable bonds is 8. The monoisotopic (exact) mass is 389 g/mol. The third kappa shape index (κ3) is 5.50. The second kappa shape index (κ2) is 9.45. The van der Waals surface area contributed by atoms with Gasteiger partial charge in [0.1, 0.15) is 12.4 Å². The summed E-state index contributed by atoms with van der Waals surface area (Å²) in [6.45, 7) is 3.44. The molecule has 1 saturated heterocycles. The van der Waals surface area contributed by atoms with Crippen LogP contribution in [-0.4, -0.2) is 47.8 Å². The maximum atomic E-state index is 12.1. The molecule has 1 aromatic carbocycles. The molecule has 9 nitrogen and oxygen atoms in total. The van der Waals surface area contributed by atoms with Gasteiger partial charge < -0.3 is 14.3 Å². The molecule has 0 aromatic heterocycles. The summed E-state index contributed by atoms with van der Waals surface area (Å²) in [7, 11) is 0. The number of esters is 1. The second-order valence-electron chi connectivity index (χ2n) is 6.03. The van der Waals surface area contributed by atoms with Crippen molar-refractivity contribution in [2.24, 2.45) is 0 Å². The van der Waals surface area contributed by atoms with Gasteiger partial charge in [-0.3, -0.25) is 14.4 Å². The van der Waals surface area contributed by atoms with Crippen molar-refractivity contribution in [3.63, 3.8) is 0 Å². The van der Waals surface area contributed by atoms with Crippen molar-refractivity contribution in [3.05, 3.63) is 41.5 Å². The third-order valence-electron chi connectivity index (χ3n) is 3.49. The van der Waals surface area contributed by atoms with Gasteiger partial charge in [0.15, 0.2) is 6.29 Å². The van der Waals surface area contributed by atoms with Gasteiger partial charge in [0.25, 0.3) is 11.8 Å². The predicted octanol–water partition coefficient (Wildman–Crippen LogP) is 1.61. The van der Waals surface area contributed by atoms with Crippen LogP contribution in [0.25, 0.3) is 0 Å². The molecule has 28 heavy (non-hydrogen) atoms. The van der Waals surface area contributed by atoms with Crippen molar-refractivity contribution in [3.8, 4) is 5.75 Å². The van der Waals surface area contributed by atoms with E-state index in [1.165, 1.54) is 30.4 Å². The molecule has 9 heteroatoms. The maximum absolute atomic E-state index is 12.1. The topological polar surface area (TPSA) is 116 Å². The van der Waals surface area contributed by atoms with Crippen LogP contribution in [0.2, 0.25) is 0 Å². The molecule has 0 N–H and O–H groups in total. The smallest absolute Gasteiger partial charge is 0.363 e. The van der Waals surface area contributed by atoms with Gasteiger partial charge in [-0.2, -0.15) is 0 Å². The van der Waals surface area contributed by atoms with E-state index in [0.717, 1.165) is 0 Å². The summed E-state index contributed by atoms with van der Waals surface area (Å²) in [5.74, 6) is -2.48. The quantitative estimate of drug-likeness (QED) is 0.285. The summed E-state index contributed by atoms with van der Waals surface area (Å²) in [6.07, 6.45) is 2.84. The van der Waals surface area contributed by atoms with E-state index in [9.17, 15) is 24.0 Å². The first-order valence-corrected chi connectivity index (χ1v) is 8.49. The van der Waals surface area contributed by atoms with Crippen LogP contribution in [0, 0.1) is 0 Å². The lowest BCUT2D eigenvalue weighted by atomic mass is 10.1. The fourth-order valence-corrected chi connectivity index (χ4v) is 2.25. The van der Waals surface area contributed by atoms with E-state index in [-0.39, 0.29) is 42.4 Å². The summed E-state index contributed by atoms with van der Waals surface area (Å²) >= 11 is 0. The lowest BCUT2D eigenvalue weighted by molar-refractivity contribution is -0.172. The van der Waals surface area contributed by atoms with Crippen LogP contribution < -0.4 is 4.74 Å². The Morgan fingerprint density at radius 1 is 1.18 bits per heavy atom. The largest absolute Gasteiger partial charge is 0.489 e. The summed E-state index contributed by atoms with van der Waals surface area (Å²) in [5, 5.41) is 0.425. The second-order valence-corrected chi connectivity index (χ2v) is 6.03. The van der Waals surface area contributed by atoms with Gasteiger partial charge in [-0.05, 0) is 38.1 Å². The number of hydrogen-bond donors (Lipinski definition) is 0. The minimum Gasteiger partial charge on any atom is -0.489 e. The van der Waals surface area contributed by atoms with Crippen LogP contribution in [0.5, 0.6) is 5.75 Å². The zero-order valence-electron chi connectivity index (χ0n) is 15.4. The van der Waals surface area contributed by atoms with E-state index in [1.54, 1.807) is 13.8 Å². The third-order valence-corrected chi connectivity index (χ3v) is 3.49. The molecule has 1 aliphatic heterocycles. The predicted molar refractivity (Wildman–Crippen MR) is 94.2 cm³/mol. The van der Waals surface area contributed by atoms with Crippen molar-refractivity contribution < 1.29 is 38.3 Å². The molecule has 0 saturated carbocycles. The number of carbonyl (C=O) groups is 5. The minimum atomic E-state index is -0.949. The zero-order valence-corrected chi connectivity index (χ0v) is 15.4. The molecule has 0 unspecified atom stereocenters. The van der Waals surface area contributed by atoms with Crippen molar-refractivity contribution >= 4 is 30.0 Å². The highest BCUT2D eigenvalue weighted by Gasteiger charge is 2.33. The molecule has 2 amide bonds. The Morgan fingerprint density at radius 2 is 1.86 bits per heavy atom. The Hall–Kier alpha value is -3.49. The van der Waals surface area contributed by atoms with E-state index in [1.807, 2.05) is 0 Å². The van der Waals surface area contributed by atoms with E-state index < -0.39 is 23.8 Å². The molecular weight excluding hydrogens is 370 g/mol. The van der Waals surface area contributed by atoms with Gasteiger partial charge in [-0.15, -0.1) is 5.06 Å². The number of benzene rings is 1. The Kier molecular flexibility index (Phi) is 7.02. The number of imide groups is 1. The molecule has 0 bridgehead atoms. The SMILES string of the molecule is CC(C)OC(=O)/C=C/COc1ccc(C(=O)ON2C(=O)CCC2=O)cc1C=O. The molecule has 0 radical (unpaired) electrons. The normalized spacial score (nSPS) is 13.9. The first-order chi connectivity index (χ1) is 13.3. The van der Waals surface area contributed by atoms with E-state index in [2.05, 4.69) is 0 Å². The molecule has 0 spiro atoms. The maximum Gasteiger partial charge on any atom is 0.363 e. The summed E-state index contributed by atoms with van der Waals surface area (Å²) in [6, 6.07) is 3.91. The molecule has 1 heterocycles. The van der Waals surface area contributed by atoms with Crippen LogP contribution >= 0.6 is 0 Å². The number of carbonyl (C=O) groups excluding carboxylic acids is 5. The number of ether oxygens (including phenoxy) is 2. The summed E-state index contributed by atoms with van der Waals surface area (Å²) in [4.78, 5) is 62.5. The molecule has 1 aromatic rings. The molecule has 148 valence electrons. The lowest BCUT2D eigenvalue weighted by Crippen LogP contribution is -2.32. The number of aldehydes is 1. The fourth-order valence-electron chi connectivity index (χ4n) is 2.25. The van der Waals surface area contributed by atoms with Crippen LogP contribution in [0.3, 0.4) is 0 Å². The molecule has 2 rings (SSSR count). The fraction of sp³-hybridized carbons (Fsp3) is 0.316. The Morgan fingerprint density at radius 3 is 2.46 bits per heavy atom. The van der Waals surface area contributed by atoms with Crippen molar-refractivity contribution in [1.82, 2.24) is 5.06 Å². The van der Waals surface area contributed by atoms with Gasteiger partial charge in [-0.25, -0.2) is 9.59 Å². The average molecular weight is 389 g/mol. The Balaban J connectivity index is 1.99. The molecule has 0 atom stereocenters. The number of hydroxylamine groups is 2. The minimum absolute atomic E-state index is 0.00535. The highest BCUT2D eigenvalue weighted by Crippen LogP contribution is 2.20. The number of nitrogens with zero attached hydrogens (tertiary/aromatic N) is 1. The zero-order chi connectivity index (χ0) is 20.7. The Labute approximate surface area is 160 Å². The molecule has 1 fully saturated rings. The van der Waals surface area contributed by atoms with Crippen molar-refractivity contribution in [2.75, 3.05) is 6.61 Å². The van der Waals surface area contributed by atoms with Crippen LogP contribution in [0.1, 0.15) is 47.4 Å². The Bertz CT molecular complexity index is 811. The summed E-state index contributed by atoms with van der Waals surface area (Å²) < 4.78 is 10.3. The average Bonchev–Trinajstić information content (AvgIpc) is 2.96. The van der Waals surface area contributed by atoms with Crippen LogP contribution in [0.15, 0.2) is 30.4 Å². The van der Waals surface area contributed by atoms with Crippen molar-refractivity contribution in [2.45, 2.75) is 32.8 Å². The highest BCUT2D eigenvalue weighted by molar-refractivity contribution is 6.03. The molecular formula is C19H19NO8. The number of hydrogen-bond acceptors (Lipinski definition) is 8. The van der Waals surface area contributed by atoms with Gasteiger partial charge in [-0.1, -0.05) is 0 Å². The highest BCUT2D eigenvalue weighted by atomic mass is 16.7. The van der Waals surface area contributed by atoms with Crippen LogP contribution in [0.4, 0.5) is 0 Å². The van der Waals surface area contributed by atoms with Gasteiger partial charge >= 0.3 is 11.9 Å². The van der Waals surface area contributed by atoms with Crippen molar-refractivity contribution in [1.29, 1.82) is 0 Å². The molecule has 1 aliphatic rings. The molecule has 0 aliphatic carbocycles. The summed E-state index contributed by atoms with van der Waals surface area (Å²) in [5.41, 5.74) is 0.0321. The lowest BCUT2D eigenvalue weighted by Gasteiger charge is -2.13. The van der Waals surface area contributed by atoms with E-state index >= 15 is 0 Å². The first-order valence-electron chi connectivity index (χ1n) is 8.49. The van der Waals surface area contributed by atoms with Gasteiger partial charge in [0.05, 0.1) is 17.2 Å². The van der Waals surface area contributed by atoms with E-state index in [0.29, 0.717) is 11.3 Å². The van der Waals surface area contributed by atoms with E-state index in [4.69, 9.17) is 14.3 Å². The van der Waals surface area contributed by atoms with Crippen LogP contribution in [-0.2, 0) is 24.0 Å². The first kappa shape index (κ1) is 20.8. The van der Waals surface area contributed by atoms with Gasteiger partial charge in [0.2, 0.25) is 0 Å².